The molecule has 0 fully saturated rings. The van der Waals surface area contributed by atoms with E-state index in [2.05, 4.69) is 20.9 Å². The predicted molar refractivity (Wildman–Crippen MR) is 163 cm³/mol. The van der Waals surface area contributed by atoms with Gasteiger partial charge in [0.05, 0.1) is 11.1 Å². The fraction of sp³-hybridized carbons (Fsp3) is 0.552. The van der Waals surface area contributed by atoms with Gasteiger partial charge in [-0.15, -0.1) is 11.3 Å². The molecule has 0 saturated heterocycles. The van der Waals surface area contributed by atoms with Crippen LogP contribution in [-0.4, -0.2) is 59.4 Å². The highest BCUT2D eigenvalue weighted by atomic mass is 32.1. The van der Waals surface area contributed by atoms with Crippen LogP contribution in [0.25, 0.3) is 0 Å². The maximum absolute atomic E-state index is 12.7. The number of anilines is 2. The van der Waals surface area contributed by atoms with Crippen molar-refractivity contribution >= 4 is 46.2 Å². The second-order valence-electron chi connectivity index (χ2n) is 12.2. The minimum atomic E-state index is -1.91. The Morgan fingerprint density at radius 3 is 2.07 bits per heavy atom. The summed E-state index contributed by atoms with van der Waals surface area (Å²) in [5.41, 5.74) is 6.23. The lowest BCUT2D eigenvalue weighted by Crippen LogP contribution is -2.59. The highest BCUT2D eigenvalue weighted by molar-refractivity contribution is 7.15. The Morgan fingerprint density at radius 2 is 1.57 bits per heavy atom. The Morgan fingerprint density at radius 1 is 0.952 bits per heavy atom. The average Bonchev–Trinajstić information content (AvgIpc) is 3.20. The fourth-order valence-electron chi connectivity index (χ4n) is 3.80. The third kappa shape index (κ3) is 10.5. The Labute approximate surface area is 251 Å². The zero-order valence-corrected chi connectivity index (χ0v) is 26.8. The first-order chi connectivity index (χ1) is 19.3. The third-order valence-electron chi connectivity index (χ3n) is 5.98. The zero-order chi connectivity index (χ0) is 31.9. The highest BCUT2D eigenvalue weighted by Crippen LogP contribution is 2.37. The molecule has 1 aromatic heterocycles. The number of carbonyl (C=O) groups excluding carboxylic acids is 4. The van der Waals surface area contributed by atoms with Crippen LogP contribution in [-0.2, 0) is 38.3 Å². The summed E-state index contributed by atoms with van der Waals surface area (Å²) in [5, 5.41) is 9.00. The number of hydrogen-bond donors (Lipinski definition) is 4. The number of aryl methyl sites for hydroxylation is 3. The largest absolute Gasteiger partial charge is 0.412 e. The summed E-state index contributed by atoms with van der Waals surface area (Å²) in [6, 6.07) is 7.36. The van der Waals surface area contributed by atoms with Gasteiger partial charge in [-0.05, 0) is 57.7 Å². The minimum absolute atomic E-state index is 0.0185. The van der Waals surface area contributed by atoms with E-state index in [1.807, 2.05) is 12.1 Å². The van der Waals surface area contributed by atoms with Crippen molar-refractivity contribution in [1.29, 1.82) is 0 Å². The van der Waals surface area contributed by atoms with E-state index in [-0.39, 0.29) is 11.8 Å². The molecule has 42 heavy (non-hydrogen) atoms. The number of aromatic nitrogens is 1. The molecule has 1 aromatic carbocycles. The van der Waals surface area contributed by atoms with E-state index >= 15 is 0 Å². The van der Waals surface area contributed by atoms with Gasteiger partial charge in [0.25, 0.3) is 0 Å². The number of nitrogens with two attached hydrogens (primary N) is 1. The van der Waals surface area contributed by atoms with Gasteiger partial charge in [0.2, 0.25) is 11.8 Å². The number of nitrogens with zero attached hydrogens (tertiary/aromatic N) is 2. The van der Waals surface area contributed by atoms with Gasteiger partial charge in [-0.2, -0.15) is 0 Å². The van der Waals surface area contributed by atoms with Crippen LogP contribution in [0, 0.1) is 5.41 Å². The van der Waals surface area contributed by atoms with E-state index in [0.717, 1.165) is 16.1 Å². The maximum atomic E-state index is 12.7. The van der Waals surface area contributed by atoms with Gasteiger partial charge < -0.3 is 36.1 Å². The number of benzene rings is 1. The first kappa shape index (κ1) is 34.3. The summed E-state index contributed by atoms with van der Waals surface area (Å²) in [4.78, 5) is 55.4. The molecule has 12 nitrogen and oxygen atoms in total. The number of alkyl carbamates (subject to hydrolysis) is 1. The van der Waals surface area contributed by atoms with Gasteiger partial charge in [0.15, 0.2) is 5.13 Å². The number of rotatable bonds is 11. The summed E-state index contributed by atoms with van der Waals surface area (Å²) in [5.74, 6) is -2.10. The molecule has 0 aliphatic rings. The summed E-state index contributed by atoms with van der Waals surface area (Å²) in [6.07, 6.45) is 0.229. The molecule has 232 valence electrons. The van der Waals surface area contributed by atoms with Gasteiger partial charge in [-0.25, -0.2) is 14.6 Å². The molecule has 0 saturated carbocycles. The maximum Gasteiger partial charge on any atom is 0.412 e. The van der Waals surface area contributed by atoms with Crippen LogP contribution in [0.5, 0.6) is 0 Å². The summed E-state index contributed by atoms with van der Waals surface area (Å²) < 4.78 is 11.1. The normalized spacial score (nSPS) is 13.0. The number of hydrogen-bond acceptors (Lipinski definition) is 9. The van der Waals surface area contributed by atoms with Gasteiger partial charge in [0, 0.05) is 43.5 Å². The number of nitrogens with one attached hydrogen (secondary N) is 3. The number of primary amides is 1. The van der Waals surface area contributed by atoms with Crippen LogP contribution in [0.1, 0.15) is 71.0 Å². The lowest BCUT2D eigenvalue weighted by Gasteiger charge is -2.42. The number of amides is 4. The van der Waals surface area contributed by atoms with E-state index in [1.165, 1.54) is 18.3 Å². The molecular formula is C29H44N6O6S. The first-order valence-electron chi connectivity index (χ1n) is 13.6. The molecule has 2 aromatic rings. The van der Waals surface area contributed by atoms with Crippen molar-refractivity contribution in [2.75, 3.05) is 24.7 Å². The Bertz CT molecular complexity index is 1260. The van der Waals surface area contributed by atoms with E-state index in [0.29, 0.717) is 36.5 Å². The van der Waals surface area contributed by atoms with Crippen molar-refractivity contribution in [3.05, 3.63) is 40.4 Å². The second-order valence-corrected chi connectivity index (χ2v) is 13.3. The van der Waals surface area contributed by atoms with Gasteiger partial charge in [0.1, 0.15) is 0 Å². The molecular weight excluding hydrogens is 560 g/mol. The van der Waals surface area contributed by atoms with E-state index in [1.54, 1.807) is 72.7 Å². The van der Waals surface area contributed by atoms with Crippen LogP contribution in [0.2, 0.25) is 0 Å². The van der Waals surface area contributed by atoms with Crippen molar-refractivity contribution in [1.82, 2.24) is 15.2 Å². The topological polar surface area (TPSA) is 165 Å². The van der Waals surface area contributed by atoms with Gasteiger partial charge >= 0.3 is 18.1 Å². The minimum Gasteiger partial charge on any atom is -0.387 e. The lowest BCUT2D eigenvalue weighted by atomic mass is 9.90. The van der Waals surface area contributed by atoms with Crippen molar-refractivity contribution in [3.8, 4) is 0 Å². The molecule has 1 unspecified atom stereocenters. The molecule has 5 N–H and O–H groups in total. The summed E-state index contributed by atoms with van der Waals surface area (Å²) in [6.45, 7) is 12.1. The van der Waals surface area contributed by atoms with Crippen molar-refractivity contribution in [2.24, 2.45) is 11.1 Å². The number of ether oxygens (including phenoxy) is 2. The summed E-state index contributed by atoms with van der Waals surface area (Å²) in [7, 11) is 3.44. The van der Waals surface area contributed by atoms with E-state index < -0.39 is 29.1 Å². The van der Waals surface area contributed by atoms with E-state index in [9.17, 15) is 19.2 Å². The van der Waals surface area contributed by atoms with Gasteiger partial charge in [-0.1, -0.05) is 32.9 Å². The first-order valence-corrected chi connectivity index (χ1v) is 14.4. The number of carbonyl (C=O) groups is 4. The average molecular weight is 605 g/mol. The molecule has 0 aliphatic carbocycles. The van der Waals surface area contributed by atoms with Crippen LogP contribution >= 0.6 is 11.3 Å². The molecule has 0 aliphatic heterocycles. The van der Waals surface area contributed by atoms with Gasteiger partial charge in [-0.3, -0.25) is 9.59 Å². The zero-order valence-electron chi connectivity index (χ0n) is 26.0. The molecule has 0 bridgehead atoms. The molecule has 1 heterocycles. The van der Waals surface area contributed by atoms with Crippen LogP contribution in [0.15, 0.2) is 24.3 Å². The highest BCUT2D eigenvalue weighted by Gasteiger charge is 2.50. The van der Waals surface area contributed by atoms with Crippen molar-refractivity contribution < 1.29 is 28.7 Å². The Kier molecular flexibility index (Phi) is 11.3. The predicted octanol–water partition coefficient (Wildman–Crippen LogP) is 4.64. The monoisotopic (exact) mass is 604 g/mol. The van der Waals surface area contributed by atoms with Crippen LogP contribution in [0.4, 0.5) is 20.4 Å². The Hall–Kier alpha value is -3.87. The molecule has 0 spiro atoms. The smallest absolute Gasteiger partial charge is 0.387 e. The summed E-state index contributed by atoms with van der Waals surface area (Å²) >= 11 is 1.38. The number of thiazole rings is 1. The van der Waals surface area contributed by atoms with Crippen molar-refractivity contribution in [2.45, 2.75) is 85.6 Å². The fourth-order valence-corrected chi connectivity index (χ4v) is 4.85. The van der Waals surface area contributed by atoms with Crippen molar-refractivity contribution in [3.63, 3.8) is 0 Å². The van der Waals surface area contributed by atoms with E-state index in [4.69, 9.17) is 15.2 Å². The molecule has 13 heteroatoms. The quantitative estimate of drug-likeness (QED) is 0.269. The molecule has 2 rings (SSSR count). The van der Waals surface area contributed by atoms with Crippen LogP contribution < -0.4 is 21.7 Å². The van der Waals surface area contributed by atoms with Crippen LogP contribution in [0.3, 0.4) is 0 Å². The molecule has 0 radical (unpaired) electrons. The molecule has 4 amide bonds. The SMILES string of the molecule is CC(=O)Nc1nc(CCc2ccc(NC(OC(N)=O)(OC(=O)NC(C)(C)C)C(C)(C)C)cc2)c(CCC(=O)N(C)C)s1. The third-order valence-corrected chi connectivity index (χ3v) is 7.06. The lowest BCUT2D eigenvalue weighted by molar-refractivity contribution is -0.202. The Balaban J connectivity index is 2.24. The standard InChI is InChI=1S/C29H44N6O6S/c1-18(36)31-25-32-21(22(42-25)16-17-23(37)35(8)9)15-12-19-10-13-20(14-11-19)33-29(27(2,3)4,40-24(30)38)41-26(39)34-28(5,6)7/h10-11,13-14,33H,12,15-17H2,1-9H3,(H2,30,38)(H,34,39)(H,31,32,36). The molecule has 1 atom stereocenters. The second kappa shape index (κ2) is 13.9.